The molecule has 14 heavy (non-hydrogen) atoms. The van der Waals surface area contributed by atoms with E-state index < -0.39 is 0 Å². The molecule has 0 N–H and O–H groups in total. The SMILES string of the molecule is CCCCO[C@@H]1C[C@H]2CC[C@@H](C1)C2=O. The predicted octanol–water partition coefficient (Wildman–Crippen LogP) is 2.56. The smallest absolute Gasteiger partial charge is 0.139 e. The van der Waals surface area contributed by atoms with E-state index in [-0.39, 0.29) is 0 Å². The molecule has 0 spiro atoms. The third-order valence-corrected chi connectivity index (χ3v) is 3.61. The highest BCUT2D eigenvalue weighted by molar-refractivity contribution is 5.86. The largest absolute Gasteiger partial charge is 0.378 e. The average Bonchev–Trinajstić information content (AvgIpc) is 2.41. The second kappa shape index (κ2) is 4.43. The van der Waals surface area contributed by atoms with E-state index in [4.69, 9.17) is 4.74 Å². The van der Waals surface area contributed by atoms with Gasteiger partial charge in [0.05, 0.1) is 6.10 Å². The Morgan fingerprint density at radius 2 is 1.93 bits per heavy atom. The fraction of sp³-hybridized carbons (Fsp3) is 0.917. The first-order valence-corrected chi connectivity index (χ1v) is 5.96. The monoisotopic (exact) mass is 196 g/mol. The zero-order valence-electron chi connectivity index (χ0n) is 9.00. The number of ether oxygens (including phenoxy) is 1. The van der Waals surface area contributed by atoms with Crippen LogP contribution in [0.1, 0.15) is 45.4 Å². The summed E-state index contributed by atoms with van der Waals surface area (Å²) in [5.74, 6) is 1.22. The Morgan fingerprint density at radius 3 is 2.50 bits per heavy atom. The molecule has 2 aliphatic carbocycles. The molecular formula is C12H20O2. The van der Waals surface area contributed by atoms with Crippen LogP contribution in [0, 0.1) is 11.8 Å². The molecule has 2 fully saturated rings. The normalized spacial score (nSPS) is 36.4. The molecule has 2 rings (SSSR count). The van der Waals surface area contributed by atoms with Crippen molar-refractivity contribution in [2.75, 3.05) is 6.61 Å². The average molecular weight is 196 g/mol. The number of carbonyl (C=O) groups is 1. The lowest BCUT2D eigenvalue weighted by Crippen LogP contribution is -2.31. The van der Waals surface area contributed by atoms with E-state index in [2.05, 4.69) is 6.92 Å². The molecule has 0 aromatic heterocycles. The van der Waals surface area contributed by atoms with Crippen molar-refractivity contribution in [1.82, 2.24) is 0 Å². The number of unbranched alkanes of at least 4 members (excludes halogenated alkanes) is 1. The topological polar surface area (TPSA) is 26.3 Å². The van der Waals surface area contributed by atoms with Crippen molar-refractivity contribution in [3.05, 3.63) is 0 Å². The van der Waals surface area contributed by atoms with Gasteiger partial charge in [-0.2, -0.15) is 0 Å². The third kappa shape index (κ3) is 2.00. The first-order chi connectivity index (χ1) is 6.81. The lowest BCUT2D eigenvalue weighted by molar-refractivity contribution is -0.129. The number of ketones is 1. The summed E-state index contributed by atoms with van der Waals surface area (Å²) in [4.78, 5) is 11.6. The summed E-state index contributed by atoms with van der Waals surface area (Å²) in [5.41, 5.74) is 0. The fourth-order valence-corrected chi connectivity index (χ4v) is 2.75. The minimum absolute atomic E-state index is 0.348. The number of hydrogen-bond donors (Lipinski definition) is 0. The van der Waals surface area contributed by atoms with Crippen LogP contribution in [0.15, 0.2) is 0 Å². The second-order valence-electron chi connectivity index (χ2n) is 4.69. The van der Waals surface area contributed by atoms with Crippen LogP contribution in [0.5, 0.6) is 0 Å². The summed E-state index contributed by atoms with van der Waals surface area (Å²) in [6, 6.07) is 0. The first kappa shape index (κ1) is 10.2. The molecule has 0 aromatic carbocycles. The third-order valence-electron chi connectivity index (χ3n) is 3.61. The van der Waals surface area contributed by atoms with Gasteiger partial charge in [0.25, 0.3) is 0 Å². The van der Waals surface area contributed by atoms with Crippen LogP contribution in [0.2, 0.25) is 0 Å². The first-order valence-electron chi connectivity index (χ1n) is 5.96. The van der Waals surface area contributed by atoms with E-state index in [0.29, 0.717) is 23.7 Å². The lowest BCUT2D eigenvalue weighted by Gasteiger charge is -2.26. The Hall–Kier alpha value is -0.370. The van der Waals surface area contributed by atoms with E-state index in [1.54, 1.807) is 0 Å². The maximum absolute atomic E-state index is 11.6. The quantitative estimate of drug-likeness (QED) is 0.646. The van der Waals surface area contributed by atoms with E-state index in [1.165, 1.54) is 6.42 Å². The number of fused-ring (bicyclic) bond motifs is 2. The van der Waals surface area contributed by atoms with Crippen molar-refractivity contribution in [3.63, 3.8) is 0 Å². The molecule has 0 saturated heterocycles. The van der Waals surface area contributed by atoms with Gasteiger partial charge < -0.3 is 4.74 Å². The van der Waals surface area contributed by atoms with Gasteiger partial charge in [-0.3, -0.25) is 4.79 Å². The molecule has 0 unspecified atom stereocenters. The van der Waals surface area contributed by atoms with Crippen LogP contribution in [0.25, 0.3) is 0 Å². The number of hydrogen-bond acceptors (Lipinski definition) is 2. The summed E-state index contributed by atoms with van der Waals surface area (Å²) in [5, 5.41) is 0. The van der Waals surface area contributed by atoms with Gasteiger partial charge in [0, 0.05) is 18.4 Å². The van der Waals surface area contributed by atoms with E-state index >= 15 is 0 Å². The lowest BCUT2D eigenvalue weighted by atomic mass is 9.86. The highest BCUT2D eigenvalue weighted by atomic mass is 16.5. The van der Waals surface area contributed by atoms with Gasteiger partial charge in [-0.25, -0.2) is 0 Å². The molecule has 2 nitrogen and oxygen atoms in total. The summed E-state index contributed by atoms with van der Waals surface area (Å²) < 4.78 is 5.80. The molecule has 2 saturated carbocycles. The maximum Gasteiger partial charge on any atom is 0.139 e. The fourth-order valence-electron chi connectivity index (χ4n) is 2.75. The van der Waals surface area contributed by atoms with Gasteiger partial charge in [0.1, 0.15) is 5.78 Å². The number of rotatable bonds is 4. The maximum atomic E-state index is 11.6. The van der Waals surface area contributed by atoms with Crippen LogP contribution >= 0.6 is 0 Å². The number of Topliss-reactive ketones (excluding diaryl/α,β-unsaturated/α-hetero) is 1. The van der Waals surface area contributed by atoms with Crippen molar-refractivity contribution >= 4 is 5.78 Å². The molecule has 3 atom stereocenters. The molecule has 0 amide bonds. The van der Waals surface area contributed by atoms with Crippen LogP contribution in [-0.4, -0.2) is 18.5 Å². The van der Waals surface area contributed by atoms with Crippen LogP contribution in [-0.2, 0) is 9.53 Å². The minimum Gasteiger partial charge on any atom is -0.378 e. The van der Waals surface area contributed by atoms with Crippen LogP contribution in [0.4, 0.5) is 0 Å². The molecule has 0 heterocycles. The minimum atomic E-state index is 0.348. The summed E-state index contributed by atoms with van der Waals surface area (Å²) in [7, 11) is 0. The zero-order chi connectivity index (χ0) is 9.97. The van der Waals surface area contributed by atoms with Crippen molar-refractivity contribution < 1.29 is 9.53 Å². The highest BCUT2D eigenvalue weighted by Crippen LogP contribution is 2.40. The Morgan fingerprint density at radius 1 is 1.29 bits per heavy atom. The zero-order valence-corrected chi connectivity index (χ0v) is 9.00. The van der Waals surface area contributed by atoms with Crippen LogP contribution in [0.3, 0.4) is 0 Å². The molecule has 2 heteroatoms. The molecule has 2 bridgehead atoms. The van der Waals surface area contributed by atoms with Gasteiger partial charge in [-0.15, -0.1) is 0 Å². The van der Waals surface area contributed by atoms with Crippen LogP contribution < -0.4 is 0 Å². The summed E-state index contributed by atoms with van der Waals surface area (Å²) in [6.07, 6.45) is 6.97. The molecular weight excluding hydrogens is 176 g/mol. The van der Waals surface area contributed by atoms with Crippen molar-refractivity contribution in [2.24, 2.45) is 11.8 Å². The Balaban J connectivity index is 1.78. The van der Waals surface area contributed by atoms with Gasteiger partial charge in [-0.1, -0.05) is 13.3 Å². The summed E-state index contributed by atoms with van der Waals surface area (Å²) in [6.45, 7) is 3.06. The van der Waals surface area contributed by atoms with Gasteiger partial charge in [0.15, 0.2) is 0 Å². The predicted molar refractivity (Wildman–Crippen MR) is 55.1 cm³/mol. The molecule has 0 radical (unpaired) electrons. The molecule has 0 aromatic rings. The van der Waals surface area contributed by atoms with Gasteiger partial charge in [-0.05, 0) is 32.1 Å². The highest BCUT2D eigenvalue weighted by Gasteiger charge is 2.41. The van der Waals surface area contributed by atoms with E-state index in [0.717, 1.165) is 38.7 Å². The molecule has 0 aliphatic heterocycles. The van der Waals surface area contributed by atoms with Gasteiger partial charge in [0.2, 0.25) is 0 Å². The standard InChI is InChI=1S/C12H20O2/c1-2-3-6-14-11-7-9-4-5-10(8-11)12(9)13/h9-11H,2-8H2,1H3/t9-,10+,11-. The number of carbonyl (C=O) groups excluding carboxylic acids is 1. The molecule has 80 valence electrons. The van der Waals surface area contributed by atoms with Crippen molar-refractivity contribution in [3.8, 4) is 0 Å². The second-order valence-corrected chi connectivity index (χ2v) is 4.69. The van der Waals surface area contributed by atoms with Crippen molar-refractivity contribution in [1.29, 1.82) is 0 Å². The Labute approximate surface area is 86.0 Å². The van der Waals surface area contributed by atoms with E-state index in [9.17, 15) is 4.79 Å². The van der Waals surface area contributed by atoms with E-state index in [1.807, 2.05) is 0 Å². The summed E-state index contributed by atoms with van der Waals surface area (Å²) >= 11 is 0. The Bertz CT molecular complexity index is 196. The Kier molecular flexibility index (Phi) is 3.22. The van der Waals surface area contributed by atoms with Crippen molar-refractivity contribution in [2.45, 2.75) is 51.6 Å². The molecule has 2 aliphatic rings. The van der Waals surface area contributed by atoms with Gasteiger partial charge >= 0.3 is 0 Å².